The fourth-order valence-electron chi connectivity index (χ4n) is 2.10. The van der Waals surface area contributed by atoms with Crippen LogP contribution in [0.25, 0.3) is 0 Å². The van der Waals surface area contributed by atoms with Gasteiger partial charge >= 0.3 is 5.97 Å². The van der Waals surface area contributed by atoms with E-state index in [2.05, 4.69) is 22.4 Å². The molecule has 1 amide bonds. The molecule has 130 valence electrons. The highest BCUT2D eigenvalue weighted by atomic mass is 16.7. The molecule has 1 aromatic carbocycles. The number of unbranched alkanes of at least 4 members (excludes halogenated alkanes) is 2. The first-order valence-electron chi connectivity index (χ1n) is 8.25. The third kappa shape index (κ3) is 5.84. The van der Waals surface area contributed by atoms with Crippen LogP contribution in [-0.2, 0) is 9.63 Å². The molecule has 0 spiro atoms. The number of nitrogens with one attached hydrogen (secondary N) is 1. The predicted octanol–water partition coefficient (Wildman–Crippen LogP) is 2.95. The normalized spacial score (nSPS) is 11.0. The van der Waals surface area contributed by atoms with Gasteiger partial charge in [-0.05, 0) is 30.7 Å². The first-order valence-corrected chi connectivity index (χ1v) is 8.25. The molecule has 0 saturated heterocycles. The minimum Gasteiger partial charge on any atom is -0.351 e. The molecule has 0 bridgehead atoms. The molecule has 2 aromatic rings. The lowest BCUT2D eigenvalue weighted by molar-refractivity contribution is -0.114. The molecule has 0 unspecified atom stereocenters. The highest BCUT2D eigenvalue weighted by Crippen LogP contribution is 2.05. The zero-order valence-electron chi connectivity index (χ0n) is 14.1. The number of amides is 1. The second kappa shape index (κ2) is 9.97. The van der Waals surface area contributed by atoms with Crippen LogP contribution in [0, 0.1) is 0 Å². The van der Waals surface area contributed by atoms with Crippen LogP contribution in [0.2, 0.25) is 0 Å². The minimum absolute atomic E-state index is 0.0221. The lowest BCUT2D eigenvalue weighted by Gasteiger charge is -2.07. The topological polar surface area (TPSA) is 80.6 Å². The Hall–Kier alpha value is -3.02. The highest BCUT2D eigenvalue weighted by Gasteiger charge is 2.16. The number of hydrogen-bond acceptors (Lipinski definition) is 5. The molecule has 0 atom stereocenters. The van der Waals surface area contributed by atoms with Crippen LogP contribution in [0.1, 0.15) is 42.1 Å². The van der Waals surface area contributed by atoms with Crippen molar-refractivity contribution in [3.63, 3.8) is 0 Å². The summed E-state index contributed by atoms with van der Waals surface area (Å²) in [5.74, 6) is -1.02. The van der Waals surface area contributed by atoms with Crippen molar-refractivity contribution in [2.75, 3.05) is 6.54 Å². The largest absolute Gasteiger partial charge is 0.365 e. The van der Waals surface area contributed by atoms with E-state index in [0.29, 0.717) is 17.7 Å². The Bertz CT molecular complexity index is 715. The number of rotatable bonds is 8. The van der Waals surface area contributed by atoms with E-state index < -0.39 is 11.9 Å². The summed E-state index contributed by atoms with van der Waals surface area (Å²) in [7, 11) is 0. The van der Waals surface area contributed by atoms with Crippen LogP contribution in [-0.4, -0.2) is 29.1 Å². The van der Waals surface area contributed by atoms with Crippen molar-refractivity contribution in [1.29, 1.82) is 0 Å². The standard InChI is InChI=1S/C19H21N3O3/c1-2-3-7-13-21-18(23)17(16-11-8-12-20-14-16)22-25-19(24)15-9-5-4-6-10-15/h4-6,8-12,14H,2-3,7,13H2,1H3,(H,21,23)/b22-17-. The van der Waals surface area contributed by atoms with E-state index in [1.807, 2.05) is 0 Å². The Balaban J connectivity index is 2.11. The summed E-state index contributed by atoms with van der Waals surface area (Å²) in [6.07, 6.45) is 6.07. The molecule has 1 aromatic heterocycles. The van der Waals surface area contributed by atoms with E-state index >= 15 is 0 Å². The van der Waals surface area contributed by atoms with Gasteiger partial charge in [-0.25, -0.2) is 4.79 Å². The van der Waals surface area contributed by atoms with Gasteiger partial charge in [-0.2, -0.15) is 0 Å². The van der Waals surface area contributed by atoms with E-state index in [9.17, 15) is 9.59 Å². The lowest BCUT2D eigenvalue weighted by Crippen LogP contribution is -2.32. The van der Waals surface area contributed by atoms with Crippen LogP contribution < -0.4 is 5.32 Å². The van der Waals surface area contributed by atoms with E-state index in [4.69, 9.17) is 4.84 Å². The van der Waals surface area contributed by atoms with Crippen LogP contribution in [0.4, 0.5) is 0 Å². The quantitative estimate of drug-likeness (QED) is 0.347. The van der Waals surface area contributed by atoms with Gasteiger partial charge in [0.1, 0.15) is 0 Å². The highest BCUT2D eigenvalue weighted by molar-refractivity contribution is 6.45. The molecule has 0 aliphatic carbocycles. The fourth-order valence-corrected chi connectivity index (χ4v) is 2.10. The van der Waals surface area contributed by atoms with Gasteiger partial charge in [-0.15, -0.1) is 0 Å². The van der Waals surface area contributed by atoms with Gasteiger partial charge < -0.3 is 10.2 Å². The summed E-state index contributed by atoms with van der Waals surface area (Å²) in [6, 6.07) is 11.9. The van der Waals surface area contributed by atoms with Gasteiger partial charge in [0.2, 0.25) is 0 Å². The van der Waals surface area contributed by atoms with Gasteiger partial charge in [0.15, 0.2) is 5.71 Å². The molecule has 0 saturated carbocycles. The number of nitrogens with zero attached hydrogens (tertiary/aromatic N) is 2. The Morgan fingerprint density at radius 2 is 1.84 bits per heavy atom. The molecule has 6 heteroatoms. The predicted molar refractivity (Wildman–Crippen MR) is 95.2 cm³/mol. The Morgan fingerprint density at radius 3 is 2.52 bits per heavy atom. The number of aromatic nitrogens is 1. The van der Waals surface area contributed by atoms with Crippen molar-refractivity contribution in [2.24, 2.45) is 5.16 Å². The Morgan fingerprint density at radius 1 is 1.08 bits per heavy atom. The average molecular weight is 339 g/mol. The van der Waals surface area contributed by atoms with E-state index in [-0.39, 0.29) is 5.71 Å². The summed E-state index contributed by atoms with van der Waals surface area (Å²) in [6.45, 7) is 2.63. The maximum Gasteiger partial charge on any atom is 0.365 e. The SMILES string of the molecule is CCCCCNC(=O)/C(=N\OC(=O)c1ccccc1)c1cccnc1. The summed E-state index contributed by atoms with van der Waals surface area (Å²) < 4.78 is 0. The molecule has 0 radical (unpaired) electrons. The Kier molecular flexibility index (Phi) is 7.31. The average Bonchev–Trinajstić information content (AvgIpc) is 2.67. The van der Waals surface area contributed by atoms with Gasteiger partial charge in [-0.1, -0.05) is 43.1 Å². The fraction of sp³-hybridized carbons (Fsp3) is 0.263. The number of carbonyl (C=O) groups is 2. The number of benzene rings is 1. The third-order valence-corrected chi connectivity index (χ3v) is 3.45. The minimum atomic E-state index is -0.624. The van der Waals surface area contributed by atoms with Crippen molar-refractivity contribution in [1.82, 2.24) is 10.3 Å². The summed E-state index contributed by atoms with van der Waals surface area (Å²) >= 11 is 0. The third-order valence-electron chi connectivity index (χ3n) is 3.45. The van der Waals surface area contributed by atoms with Gasteiger partial charge in [0.05, 0.1) is 5.56 Å². The number of carbonyl (C=O) groups excluding carboxylic acids is 2. The molecule has 1 heterocycles. The molecule has 25 heavy (non-hydrogen) atoms. The zero-order valence-corrected chi connectivity index (χ0v) is 14.1. The van der Waals surface area contributed by atoms with E-state index in [1.54, 1.807) is 48.7 Å². The smallest absolute Gasteiger partial charge is 0.351 e. The van der Waals surface area contributed by atoms with Crippen molar-refractivity contribution in [3.8, 4) is 0 Å². The molecule has 6 nitrogen and oxygen atoms in total. The van der Waals surface area contributed by atoms with Crippen LogP contribution in [0.3, 0.4) is 0 Å². The van der Waals surface area contributed by atoms with Crippen LogP contribution >= 0.6 is 0 Å². The molecule has 0 fully saturated rings. The zero-order chi connectivity index (χ0) is 17.9. The second-order valence-corrected chi connectivity index (χ2v) is 5.39. The molecular formula is C19H21N3O3. The van der Waals surface area contributed by atoms with Crippen molar-refractivity contribution in [2.45, 2.75) is 26.2 Å². The van der Waals surface area contributed by atoms with Crippen molar-refractivity contribution < 1.29 is 14.4 Å². The first kappa shape index (κ1) is 18.3. The van der Waals surface area contributed by atoms with Crippen LogP contribution in [0.5, 0.6) is 0 Å². The molecule has 1 N–H and O–H groups in total. The first-order chi connectivity index (χ1) is 12.2. The number of pyridine rings is 1. The van der Waals surface area contributed by atoms with E-state index in [1.165, 1.54) is 6.20 Å². The monoisotopic (exact) mass is 339 g/mol. The van der Waals surface area contributed by atoms with Gasteiger partial charge in [0, 0.05) is 24.5 Å². The second-order valence-electron chi connectivity index (χ2n) is 5.39. The molecule has 2 rings (SSSR count). The number of hydrogen-bond donors (Lipinski definition) is 1. The summed E-state index contributed by atoms with van der Waals surface area (Å²) in [5.41, 5.74) is 0.866. The van der Waals surface area contributed by atoms with E-state index in [0.717, 1.165) is 19.3 Å². The molecular weight excluding hydrogens is 318 g/mol. The van der Waals surface area contributed by atoms with Crippen molar-refractivity contribution >= 4 is 17.6 Å². The summed E-state index contributed by atoms with van der Waals surface area (Å²) in [5, 5.41) is 6.57. The van der Waals surface area contributed by atoms with Crippen LogP contribution in [0.15, 0.2) is 60.0 Å². The van der Waals surface area contributed by atoms with Gasteiger partial charge in [0.25, 0.3) is 5.91 Å². The molecule has 0 aliphatic rings. The molecule has 0 aliphatic heterocycles. The maximum atomic E-state index is 12.4. The van der Waals surface area contributed by atoms with Crippen molar-refractivity contribution in [3.05, 3.63) is 66.0 Å². The maximum absolute atomic E-state index is 12.4. The summed E-state index contributed by atoms with van der Waals surface area (Å²) in [4.78, 5) is 33.4. The lowest BCUT2D eigenvalue weighted by atomic mass is 10.1. The van der Waals surface area contributed by atoms with Gasteiger partial charge in [-0.3, -0.25) is 9.78 Å². The number of oxime groups is 1. The Labute approximate surface area is 146 Å².